The van der Waals surface area contributed by atoms with Crippen LogP contribution >= 0.6 is 0 Å². The number of aromatic nitrogens is 3. The SMILES string of the molecule is O=C(O)[C@@H]1CN(C(=O)c2cccc(-n3cnnc3)c2)C[C@H]1c1ccccc1. The van der Waals surface area contributed by atoms with Gasteiger partial charge in [-0.1, -0.05) is 36.4 Å². The number of hydrogen-bond acceptors (Lipinski definition) is 4. The number of likely N-dealkylation sites (tertiary alicyclic amines) is 1. The molecule has 1 aromatic heterocycles. The molecule has 0 spiro atoms. The minimum absolute atomic E-state index is 0.172. The molecule has 0 unspecified atom stereocenters. The minimum Gasteiger partial charge on any atom is -0.481 e. The van der Waals surface area contributed by atoms with Gasteiger partial charge in [0.1, 0.15) is 12.7 Å². The summed E-state index contributed by atoms with van der Waals surface area (Å²) in [5.74, 6) is -1.88. The second-order valence-corrected chi connectivity index (χ2v) is 6.59. The van der Waals surface area contributed by atoms with Crippen molar-refractivity contribution in [1.29, 1.82) is 0 Å². The molecule has 0 aliphatic carbocycles. The first-order chi connectivity index (χ1) is 13.1. The largest absolute Gasteiger partial charge is 0.481 e. The first kappa shape index (κ1) is 17.0. The number of amides is 1. The van der Waals surface area contributed by atoms with E-state index in [1.165, 1.54) is 0 Å². The van der Waals surface area contributed by atoms with Gasteiger partial charge < -0.3 is 10.0 Å². The van der Waals surface area contributed by atoms with Crippen LogP contribution in [0.3, 0.4) is 0 Å². The number of rotatable bonds is 4. The van der Waals surface area contributed by atoms with Crippen molar-refractivity contribution in [2.24, 2.45) is 5.92 Å². The molecule has 136 valence electrons. The van der Waals surface area contributed by atoms with E-state index in [4.69, 9.17) is 0 Å². The molecule has 1 aliphatic heterocycles. The summed E-state index contributed by atoms with van der Waals surface area (Å²) in [6.07, 6.45) is 3.12. The van der Waals surface area contributed by atoms with Crippen LogP contribution in [0.5, 0.6) is 0 Å². The van der Waals surface area contributed by atoms with Crippen molar-refractivity contribution >= 4 is 11.9 Å². The first-order valence-corrected chi connectivity index (χ1v) is 8.65. The summed E-state index contributed by atoms with van der Waals surface area (Å²) in [4.78, 5) is 26.4. The molecule has 0 bridgehead atoms. The van der Waals surface area contributed by atoms with E-state index in [0.29, 0.717) is 12.1 Å². The molecule has 1 fully saturated rings. The molecule has 1 N–H and O–H groups in total. The van der Waals surface area contributed by atoms with Crippen LogP contribution in [-0.4, -0.2) is 49.7 Å². The maximum absolute atomic E-state index is 13.0. The van der Waals surface area contributed by atoms with Crippen molar-refractivity contribution in [3.8, 4) is 5.69 Å². The number of nitrogens with zero attached hydrogens (tertiary/aromatic N) is 4. The Balaban J connectivity index is 1.59. The summed E-state index contributed by atoms with van der Waals surface area (Å²) in [7, 11) is 0. The van der Waals surface area contributed by atoms with Gasteiger partial charge in [-0.05, 0) is 23.8 Å². The van der Waals surface area contributed by atoms with Crippen molar-refractivity contribution in [1.82, 2.24) is 19.7 Å². The highest BCUT2D eigenvalue weighted by Crippen LogP contribution is 2.33. The zero-order valence-corrected chi connectivity index (χ0v) is 14.5. The number of hydrogen-bond donors (Lipinski definition) is 1. The third kappa shape index (κ3) is 3.31. The van der Waals surface area contributed by atoms with Gasteiger partial charge in [0.15, 0.2) is 0 Å². The van der Waals surface area contributed by atoms with E-state index in [0.717, 1.165) is 11.3 Å². The molecule has 1 amide bonds. The zero-order chi connectivity index (χ0) is 18.8. The monoisotopic (exact) mass is 362 g/mol. The molecular weight excluding hydrogens is 344 g/mol. The van der Waals surface area contributed by atoms with Gasteiger partial charge in [-0.25, -0.2) is 0 Å². The Morgan fingerprint density at radius 3 is 2.41 bits per heavy atom. The molecule has 0 radical (unpaired) electrons. The third-order valence-electron chi connectivity index (χ3n) is 4.96. The van der Waals surface area contributed by atoms with E-state index in [1.807, 2.05) is 36.4 Å². The normalized spacial score (nSPS) is 19.2. The van der Waals surface area contributed by atoms with Crippen LogP contribution in [0, 0.1) is 5.92 Å². The predicted octanol–water partition coefficient (Wildman–Crippen LogP) is 2.21. The van der Waals surface area contributed by atoms with Gasteiger partial charge in [-0.2, -0.15) is 0 Å². The van der Waals surface area contributed by atoms with E-state index in [2.05, 4.69) is 10.2 Å². The van der Waals surface area contributed by atoms with E-state index < -0.39 is 11.9 Å². The van der Waals surface area contributed by atoms with E-state index in [-0.39, 0.29) is 18.4 Å². The highest BCUT2D eigenvalue weighted by atomic mass is 16.4. The molecule has 2 heterocycles. The highest BCUT2D eigenvalue weighted by molar-refractivity contribution is 5.95. The fourth-order valence-electron chi connectivity index (χ4n) is 3.57. The Labute approximate surface area is 155 Å². The number of carbonyl (C=O) groups is 2. The zero-order valence-electron chi connectivity index (χ0n) is 14.5. The fraction of sp³-hybridized carbons (Fsp3) is 0.200. The topological polar surface area (TPSA) is 88.3 Å². The summed E-state index contributed by atoms with van der Waals surface area (Å²) in [6, 6.07) is 16.7. The van der Waals surface area contributed by atoms with Crippen molar-refractivity contribution in [3.63, 3.8) is 0 Å². The van der Waals surface area contributed by atoms with Crippen LogP contribution in [-0.2, 0) is 4.79 Å². The second kappa shape index (κ2) is 7.03. The molecule has 27 heavy (non-hydrogen) atoms. The molecular formula is C20H18N4O3. The van der Waals surface area contributed by atoms with Crippen molar-refractivity contribution in [3.05, 3.63) is 78.4 Å². The van der Waals surface area contributed by atoms with Gasteiger partial charge in [0.25, 0.3) is 5.91 Å². The van der Waals surface area contributed by atoms with Gasteiger partial charge >= 0.3 is 5.97 Å². The van der Waals surface area contributed by atoms with Crippen LogP contribution in [0.4, 0.5) is 0 Å². The summed E-state index contributed by atoms with van der Waals surface area (Å²) < 4.78 is 1.72. The van der Waals surface area contributed by atoms with Crippen LogP contribution < -0.4 is 0 Å². The van der Waals surface area contributed by atoms with E-state index >= 15 is 0 Å². The Bertz CT molecular complexity index is 956. The molecule has 2 atom stereocenters. The molecule has 2 aromatic carbocycles. The third-order valence-corrected chi connectivity index (χ3v) is 4.96. The number of aliphatic carboxylic acids is 1. The summed E-state index contributed by atoms with van der Waals surface area (Å²) in [5, 5.41) is 17.2. The Kier molecular flexibility index (Phi) is 4.42. The van der Waals surface area contributed by atoms with Crippen molar-refractivity contribution in [2.75, 3.05) is 13.1 Å². The lowest BCUT2D eigenvalue weighted by Gasteiger charge is -2.17. The predicted molar refractivity (Wildman–Crippen MR) is 97.6 cm³/mol. The summed E-state index contributed by atoms with van der Waals surface area (Å²) in [5.41, 5.74) is 2.23. The Hall–Kier alpha value is -3.48. The van der Waals surface area contributed by atoms with Crippen LogP contribution in [0.25, 0.3) is 5.69 Å². The van der Waals surface area contributed by atoms with Gasteiger partial charge in [-0.15, -0.1) is 10.2 Å². The summed E-state index contributed by atoms with van der Waals surface area (Å²) in [6.45, 7) is 0.585. The first-order valence-electron chi connectivity index (χ1n) is 8.65. The van der Waals surface area contributed by atoms with Crippen LogP contribution in [0.2, 0.25) is 0 Å². The van der Waals surface area contributed by atoms with Crippen molar-refractivity contribution in [2.45, 2.75) is 5.92 Å². The Morgan fingerprint density at radius 1 is 0.963 bits per heavy atom. The van der Waals surface area contributed by atoms with Crippen LogP contribution in [0.15, 0.2) is 67.3 Å². The van der Waals surface area contributed by atoms with Crippen LogP contribution in [0.1, 0.15) is 21.8 Å². The maximum Gasteiger partial charge on any atom is 0.308 e. The quantitative estimate of drug-likeness (QED) is 0.769. The molecule has 7 heteroatoms. The number of carboxylic acids is 1. The molecule has 1 saturated heterocycles. The highest BCUT2D eigenvalue weighted by Gasteiger charge is 2.40. The minimum atomic E-state index is -0.877. The average Bonchev–Trinajstić information content (AvgIpc) is 3.38. The van der Waals surface area contributed by atoms with Gasteiger partial charge in [0.05, 0.1) is 5.92 Å². The maximum atomic E-state index is 13.0. The Morgan fingerprint density at radius 2 is 1.70 bits per heavy atom. The average molecular weight is 362 g/mol. The lowest BCUT2D eigenvalue weighted by atomic mass is 9.89. The number of carboxylic acid groups (broad SMARTS) is 1. The number of benzene rings is 2. The molecule has 3 aromatic rings. The van der Waals surface area contributed by atoms with E-state index in [9.17, 15) is 14.7 Å². The molecule has 7 nitrogen and oxygen atoms in total. The van der Waals surface area contributed by atoms with Gasteiger partial charge in [0, 0.05) is 30.3 Å². The lowest BCUT2D eigenvalue weighted by molar-refractivity contribution is -0.141. The molecule has 1 aliphatic rings. The molecule has 0 saturated carbocycles. The smallest absolute Gasteiger partial charge is 0.308 e. The fourth-order valence-corrected chi connectivity index (χ4v) is 3.57. The molecule has 4 rings (SSSR count). The van der Waals surface area contributed by atoms with Gasteiger partial charge in [-0.3, -0.25) is 14.2 Å². The van der Waals surface area contributed by atoms with E-state index in [1.54, 1.807) is 40.3 Å². The second-order valence-electron chi connectivity index (χ2n) is 6.59. The lowest BCUT2D eigenvalue weighted by Crippen LogP contribution is -2.30. The standard InChI is InChI=1S/C20H18N4O3/c25-19(15-7-4-8-16(9-15)24-12-21-22-13-24)23-10-17(18(11-23)20(26)27)14-5-2-1-3-6-14/h1-9,12-13,17-18H,10-11H2,(H,26,27)/t17-,18+/m0/s1. The van der Waals surface area contributed by atoms with Crippen molar-refractivity contribution < 1.29 is 14.7 Å². The van der Waals surface area contributed by atoms with Gasteiger partial charge in [0.2, 0.25) is 0 Å². The number of carbonyl (C=O) groups excluding carboxylic acids is 1. The summed E-state index contributed by atoms with van der Waals surface area (Å²) >= 11 is 0.